The third-order valence-corrected chi connectivity index (χ3v) is 4.79. The minimum atomic E-state index is -0.193. The summed E-state index contributed by atoms with van der Waals surface area (Å²) in [6.45, 7) is 5.90. The molecular weight excluding hydrogens is 322 g/mol. The molecule has 1 heterocycles. The molecule has 1 N–H and O–H groups in total. The highest BCUT2D eigenvalue weighted by Gasteiger charge is 2.17. The Kier molecular flexibility index (Phi) is 7.34. The number of rotatable bonds is 9. The van der Waals surface area contributed by atoms with E-state index in [0.29, 0.717) is 19.8 Å². The molecule has 6 heteroatoms. The number of ether oxygens (including phenoxy) is 1. The largest absolute Gasteiger partial charge is 0.382 e. The number of nitrogens with one attached hydrogen (secondary N) is 1. The van der Waals surface area contributed by atoms with Gasteiger partial charge >= 0.3 is 0 Å². The zero-order valence-electron chi connectivity index (χ0n) is 14.5. The van der Waals surface area contributed by atoms with E-state index < -0.39 is 0 Å². The van der Waals surface area contributed by atoms with Crippen molar-refractivity contribution in [3.8, 4) is 11.3 Å². The van der Waals surface area contributed by atoms with Crippen molar-refractivity contribution in [2.75, 3.05) is 19.8 Å². The van der Waals surface area contributed by atoms with Crippen LogP contribution in [0.2, 0.25) is 0 Å². The number of nitrogens with zero attached hydrogens (tertiary/aromatic N) is 2. The molecule has 0 saturated carbocycles. The highest BCUT2D eigenvalue weighted by Crippen LogP contribution is 2.27. The van der Waals surface area contributed by atoms with Gasteiger partial charge in [-0.15, -0.1) is 0 Å². The molecule has 0 aliphatic carbocycles. The standard InChI is InChI=1S/C18H25N3O2S/c1-4-23-12-8-11-19-17(22)14(2)24-18-20-13-16(21(18)3)15-9-6-5-7-10-15/h5-7,9-10,13-14H,4,8,11-12H2,1-3H3,(H,19,22). The Bertz CT molecular complexity index is 643. The first-order valence-corrected chi connectivity index (χ1v) is 9.10. The van der Waals surface area contributed by atoms with E-state index in [4.69, 9.17) is 4.74 Å². The molecule has 1 unspecified atom stereocenters. The number of hydrogen-bond donors (Lipinski definition) is 1. The van der Waals surface area contributed by atoms with Crippen molar-refractivity contribution in [2.24, 2.45) is 7.05 Å². The van der Waals surface area contributed by atoms with E-state index in [1.165, 1.54) is 11.8 Å². The smallest absolute Gasteiger partial charge is 0.233 e. The number of amides is 1. The number of benzene rings is 1. The monoisotopic (exact) mass is 347 g/mol. The van der Waals surface area contributed by atoms with Crippen molar-refractivity contribution in [3.63, 3.8) is 0 Å². The van der Waals surface area contributed by atoms with Gasteiger partial charge in [-0.2, -0.15) is 0 Å². The van der Waals surface area contributed by atoms with Gasteiger partial charge in [0.25, 0.3) is 0 Å². The average Bonchev–Trinajstić information content (AvgIpc) is 2.96. The molecule has 0 spiro atoms. The summed E-state index contributed by atoms with van der Waals surface area (Å²) >= 11 is 1.47. The second-order valence-electron chi connectivity index (χ2n) is 5.45. The van der Waals surface area contributed by atoms with E-state index in [1.807, 2.05) is 49.9 Å². The number of imidazole rings is 1. The van der Waals surface area contributed by atoms with Crippen LogP contribution in [0.15, 0.2) is 41.7 Å². The molecule has 0 radical (unpaired) electrons. The van der Waals surface area contributed by atoms with Crippen LogP contribution in [-0.2, 0) is 16.6 Å². The molecular formula is C18H25N3O2S. The molecule has 2 rings (SSSR count). The quantitative estimate of drug-likeness (QED) is 0.559. The maximum Gasteiger partial charge on any atom is 0.233 e. The van der Waals surface area contributed by atoms with Gasteiger partial charge in [-0.1, -0.05) is 42.1 Å². The van der Waals surface area contributed by atoms with Crippen molar-refractivity contribution in [1.29, 1.82) is 0 Å². The summed E-state index contributed by atoms with van der Waals surface area (Å²) in [5.74, 6) is 0.0285. The van der Waals surface area contributed by atoms with E-state index in [0.717, 1.165) is 22.8 Å². The Hall–Kier alpha value is -1.79. The minimum Gasteiger partial charge on any atom is -0.382 e. The molecule has 1 aromatic heterocycles. The van der Waals surface area contributed by atoms with Gasteiger partial charge in [0, 0.05) is 26.8 Å². The van der Waals surface area contributed by atoms with Crippen LogP contribution in [0.1, 0.15) is 20.3 Å². The van der Waals surface area contributed by atoms with Crippen molar-refractivity contribution in [1.82, 2.24) is 14.9 Å². The third-order valence-electron chi connectivity index (χ3n) is 3.64. The molecule has 0 bridgehead atoms. The summed E-state index contributed by atoms with van der Waals surface area (Å²) in [4.78, 5) is 16.6. The maximum atomic E-state index is 12.2. The zero-order chi connectivity index (χ0) is 17.4. The first kappa shape index (κ1) is 18.5. The molecule has 0 fully saturated rings. The van der Waals surface area contributed by atoms with Gasteiger partial charge in [0.15, 0.2) is 5.16 Å². The summed E-state index contributed by atoms with van der Waals surface area (Å²) < 4.78 is 7.29. The van der Waals surface area contributed by atoms with Crippen LogP contribution >= 0.6 is 11.8 Å². The van der Waals surface area contributed by atoms with Crippen LogP contribution in [0.25, 0.3) is 11.3 Å². The lowest BCUT2D eigenvalue weighted by atomic mass is 10.2. The number of carbonyl (C=O) groups excluding carboxylic acids is 1. The molecule has 0 aliphatic heterocycles. The molecule has 0 aliphatic rings. The van der Waals surface area contributed by atoms with Gasteiger partial charge in [-0.25, -0.2) is 4.98 Å². The third kappa shape index (κ3) is 5.11. The lowest BCUT2D eigenvalue weighted by Crippen LogP contribution is -2.32. The molecule has 130 valence electrons. The Balaban J connectivity index is 1.89. The van der Waals surface area contributed by atoms with Crippen molar-refractivity contribution < 1.29 is 9.53 Å². The highest BCUT2D eigenvalue weighted by molar-refractivity contribution is 8.00. The topological polar surface area (TPSA) is 56.1 Å². The average molecular weight is 347 g/mol. The van der Waals surface area contributed by atoms with E-state index in [2.05, 4.69) is 22.4 Å². The lowest BCUT2D eigenvalue weighted by Gasteiger charge is -2.12. The number of carbonyl (C=O) groups is 1. The van der Waals surface area contributed by atoms with Crippen molar-refractivity contribution >= 4 is 17.7 Å². The maximum absolute atomic E-state index is 12.2. The predicted octanol–water partition coefficient (Wildman–Crippen LogP) is 3.11. The molecule has 1 atom stereocenters. The SMILES string of the molecule is CCOCCCNC(=O)C(C)Sc1ncc(-c2ccccc2)n1C. The zero-order valence-corrected chi connectivity index (χ0v) is 15.3. The first-order chi connectivity index (χ1) is 11.6. The predicted molar refractivity (Wildman–Crippen MR) is 98.1 cm³/mol. The summed E-state index contributed by atoms with van der Waals surface area (Å²) in [5, 5.41) is 3.59. The second kappa shape index (κ2) is 9.49. The van der Waals surface area contributed by atoms with E-state index >= 15 is 0 Å². The Morgan fingerprint density at radius 2 is 2.12 bits per heavy atom. The van der Waals surface area contributed by atoms with Crippen molar-refractivity contribution in [3.05, 3.63) is 36.5 Å². The fraction of sp³-hybridized carbons (Fsp3) is 0.444. The van der Waals surface area contributed by atoms with Crippen LogP contribution in [0.5, 0.6) is 0 Å². The minimum absolute atomic E-state index is 0.0285. The summed E-state index contributed by atoms with van der Waals surface area (Å²) in [7, 11) is 1.98. The Morgan fingerprint density at radius 1 is 1.38 bits per heavy atom. The van der Waals surface area contributed by atoms with E-state index in [1.54, 1.807) is 0 Å². The number of aromatic nitrogens is 2. The Morgan fingerprint density at radius 3 is 2.83 bits per heavy atom. The number of thioether (sulfide) groups is 1. The van der Waals surface area contributed by atoms with Gasteiger partial charge in [0.2, 0.25) is 5.91 Å². The number of hydrogen-bond acceptors (Lipinski definition) is 4. The van der Waals surface area contributed by atoms with Crippen LogP contribution in [0.3, 0.4) is 0 Å². The molecule has 1 aromatic carbocycles. The Labute approximate surface area is 147 Å². The van der Waals surface area contributed by atoms with Gasteiger partial charge in [-0.3, -0.25) is 4.79 Å². The first-order valence-electron chi connectivity index (χ1n) is 8.22. The molecule has 0 saturated heterocycles. The normalized spacial score (nSPS) is 12.1. The summed E-state index contributed by atoms with van der Waals surface area (Å²) in [6, 6.07) is 10.1. The second-order valence-corrected chi connectivity index (χ2v) is 6.76. The summed E-state index contributed by atoms with van der Waals surface area (Å²) in [6.07, 6.45) is 2.68. The van der Waals surface area contributed by atoms with Gasteiger partial charge in [0.1, 0.15) is 0 Å². The summed E-state index contributed by atoms with van der Waals surface area (Å²) in [5.41, 5.74) is 2.16. The fourth-order valence-corrected chi connectivity index (χ4v) is 3.14. The van der Waals surface area contributed by atoms with Crippen LogP contribution in [0.4, 0.5) is 0 Å². The van der Waals surface area contributed by atoms with Gasteiger partial charge in [-0.05, 0) is 25.8 Å². The van der Waals surface area contributed by atoms with Crippen molar-refractivity contribution in [2.45, 2.75) is 30.7 Å². The van der Waals surface area contributed by atoms with Crippen LogP contribution in [-0.4, -0.2) is 40.5 Å². The van der Waals surface area contributed by atoms with Gasteiger partial charge < -0.3 is 14.6 Å². The molecule has 2 aromatic rings. The molecule has 5 nitrogen and oxygen atoms in total. The van der Waals surface area contributed by atoms with Crippen LogP contribution < -0.4 is 5.32 Å². The molecule has 24 heavy (non-hydrogen) atoms. The highest BCUT2D eigenvalue weighted by atomic mass is 32.2. The lowest BCUT2D eigenvalue weighted by molar-refractivity contribution is -0.120. The van der Waals surface area contributed by atoms with Gasteiger partial charge in [0.05, 0.1) is 17.1 Å². The van der Waals surface area contributed by atoms with E-state index in [9.17, 15) is 4.79 Å². The fourth-order valence-electron chi connectivity index (χ4n) is 2.26. The van der Waals surface area contributed by atoms with Crippen LogP contribution in [0, 0.1) is 0 Å². The molecule has 1 amide bonds. The van der Waals surface area contributed by atoms with E-state index in [-0.39, 0.29) is 11.2 Å².